The second-order valence-corrected chi connectivity index (χ2v) is 9.79. The highest BCUT2D eigenvalue weighted by Crippen LogP contribution is 2.47. The Morgan fingerprint density at radius 3 is 2.76 bits per heavy atom. The average molecular weight is 413 g/mol. The number of likely N-dealkylation sites (tertiary alicyclic amines) is 1. The Balaban J connectivity index is 1.34. The molecule has 2 fully saturated rings. The number of fused-ring (bicyclic) bond motifs is 3. The summed E-state index contributed by atoms with van der Waals surface area (Å²) in [7, 11) is 0. The Bertz CT molecular complexity index is 909. The molecule has 2 aromatic heterocycles. The van der Waals surface area contributed by atoms with Gasteiger partial charge in [0.2, 0.25) is 5.88 Å². The van der Waals surface area contributed by atoms with Crippen LogP contribution < -0.4 is 4.74 Å². The Morgan fingerprint density at radius 2 is 2.00 bits per heavy atom. The lowest BCUT2D eigenvalue weighted by molar-refractivity contribution is 0.0978. The van der Waals surface area contributed by atoms with Crippen LogP contribution in [0, 0.1) is 11.3 Å². The van der Waals surface area contributed by atoms with Crippen molar-refractivity contribution in [2.75, 3.05) is 13.1 Å². The molecule has 5 rings (SSSR count). The van der Waals surface area contributed by atoms with Gasteiger partial charge in [-0.05, 0) is 82.4 Å². The Labute approximate surface area is 175 Å². The van der Waals surface area contributed by atoms with Gasteiger partial charge in [-0.2, -0.15) is 5.26 Å². The number of rotatable bonds is 5. The molecule has 0 amide bonds. The van der Waals surface area contributed by atoms with Crippen molar-refractivity contribution in [1.82, 2.24) is 14.9 Å². The number of ether oxygens (including phenoxy) is 1. The molecule has 7 heteroatoms. The fourth-order valence-electron chi connectivity index (χ4n) is 5.48. The molecular formula is C22H28N4O2S. The number of nitrogens with zero attached hydrogens (tertiary/aromatic N) is 4. The van der Waals surface area contributed by atoms with E-state index in [1.54, 1.807) is 17.7 Å². The zero-order valence-electron chi connectivity index (χ0n) is 16.7. The molecule has 2 aromatic rings. The number of hydrogen-bond donors (Lipinski definition) is 1. The molecule has 1 saturated heterocycles. The number of aliphatic hydroxyl groups excluding tert-OH is 1. The van der Waals surface area contributed by atoms with Crippen molar-refractivity contribution >= 4 is 21.6 Å². The monoisotopic (exact) mass is 412 g/mol. The number of aryl methyl sites for hydroxylation is 1. The predicted octanol–water partition coefficient (Wildman–Crippen LogP) is 3.78. The van der Waals surface area contributed by atoms with Crippen molar-refractivity contribution in [1.29, 1.82) is 5.26 Å². The maximum Gasteiger partial charge on any atom is 0.225 e. The van der Waals surface area contributed by atoms with Gasteiger partial charge in [0.05, 0.1) is 11.5 Å². The van der Waals surface area contributed by atoms with Crippen molar-refractivity contribution in [2.24, 2.45) is 0 Å². The van der Waals surface area contributed by atoms with Crippen molar-refractivity contribution in [2.45, 2.75) is 82.0 Å². The van der Waals surface area contributed by atoms with Gasteiger partial charge in [0, 0.05) is 10.9 Å². The lowest BCUT2D eigenvalue weighted by Gasteiger charge is -2.34. The summed E-state index contributed by atoms with van der Waals surface area (Å²) in [4.78, 5) is 14.0. The maximum absolute atomic E-state index is 9.87. The van der Waals surface area contributed by atoms with E-state index < -0.39 is 6.10 Å². The van der Waals surface area contributed by atoms with E-state index in [1.807, 2.05) is 6.07 Å². The zero-order valence-corrected chi connectivity index (χ0v) is 17.5. The molecule has 154 valence electrons. The molecule has 6 nitrogen and oxygen atoms in total. The van der Waals surface area contributed by atoms with Crippen LogP contribution in [0.5, 0.6) is 5.88 Å². The first-order valence-electron chi connectivity index (χ1n) is 11.0. The SMILES string of the molecule is N#CC(O)CC1CCc2sc3ncnc(OC4CCC(N5CCCC5)CC4)c3c21. The van der Waals surface area contributed by atoms with Gasteiger partial charge in [-0.25, -0.2) is 9.97 Å². The van der Waals surface area contributed by atoms with E-state index in [9.17, 15) is 5.11 Å². The fraction of sp³-hybridized carbons (Fsp3) is 0.682. The normalized spacial score (nSPS) is 28.3. The number of nitriles is 1. The number of aromatic nitrogens is 2. The molecule has 0 aromatic carbocycles. The molecule has 1 saturated carbocycles. The Morgan fingerprint density at radius 1 is 1.21 bits per heavy atom. The standard InChI is InChI=1S/C22H28N4O2S/c23-12-16(27)11-14-3-8-18-19(14)20-21(24-13-25-22(20)29-18)28-17-6-4-15(5-7-17)26-9-1-2-10-26/h13-17,27H,1-11H2. The third-order valence-corrected chi connectivity index (χ3v) is 8.10. The summed E-state index contributed by atoms with van der Waals surface area (Å²) in [5.74, 6) is 0.892. The molecule has 0 spiro atoms. The second-order valence-electron chi connectivity index (χ2n) is 8.71. The Hall–Kier alpha value is -1.75. The van der Waals surface area contributed by atoms with Crippen LogP contribution >= 0.6 is 11.3 Å². The van der Waals surface area contributed by atoms with Gasteiger partial charge in [0.25, 0.3) is 0 Å². The van der Waals surface area contributed by atoms with Crippen LogP contribution in [0.3, 0.4) is 0 Å². The van der Waals surface area contributed by atoms with E-state index in [4.69, 9.17) is 10.00 Å². The molecule has 2 aliphatic carbocycles. The van der Waals surface area contributed by atoms with Crippen molar-refractivity contribution < 1.29 is 9.84 Å². The number of aliphatic hydroxyl groups is 1. The number of hydrogen-bond acceptors (Lipinski definition) is 7. The highest BCUT2D eigenvalue weighted by atomic mass is 32.1. The average Bonchev–Trinajstić information content (AvgIpc) is 3.46. The van der Waals surface area contributed by atoms with Crippen LogP contribution in [0.1, 0.15) is 67.7 Å². The molecular weight excluding hydrogens is 384 g/mol. The minimum Gasteiger partial charge on any atom is -0.474 e. The van der Waals surface area contributed by atoms with Gasteiger partial charge < -0.3 is 14.7 Å². The summed E-state index contributed by atoms with van der Waals surface area (Å²) in [5, 5.41) is 19.9. The van der Waals surface area contributed by atoms with E-state index in [-0.39, 0.29) is 12.0 Å². The summed E-state index contributed by atoms with van der Waals surface area (Å²) in [6.45, 7) is 2.53. The van der Waals surface area contributed by atoms with Gasteiger partial charge in [0.1, 0.15) is 23.4 Å². The molecule has 3 aliphatic rings. The van der Waals surface area contributed by atoms with E-state index in [0.29, 0.717) is 12.3 Å². The van der Waals surface area contributed by atoms with Gasteiger partial charge >= 0.3 is 0 Å². The Kier molecular flexibility index (Phi) is 5.42. The maximum atomic E-state index is 9.87. The number of thiophene rings is 1. The van der Waals surface area contributed by atoms with Gasteiger partial charge in [0.15, 0.2) is 0 Å². The van der Waals surface area contributed by atoms with Gasteiger partial charge in [-0.3, -0.25) is 0 Å². The highest BCUT2D eigenvalue weighted by molar-refractivity contribution is 7.19. The first-order chi connectivity index (χ1) is 14.2. The molecule has 3 heterocycles. The molecule has 2 atom stereocenters. The zero-order chi connectivity index (χ0) is 19.8. The van der Waals surface area contributed by atoms with Crippen LogP contribution in [-0.2, 0) is 6.42 Å². The third kappa shape index (κ3) is 3.74. The highest BCUT2D eigenvalue weighted by Gasteiger charge is 2.33. The van der Waals surface area contributed by atoms with Crippen molar-refractivity contribution in [3.05, 3.63) is 16.8 Å². The van der Waals surface area contributed by atoms with Crippen molar-refractivity contribution in [3.63, 3.8) is 0 Å². The van der Waals surface area contributed by atoms with Crippen LogP contribution in [0.4, 0.5) is 0 Å². The van der Waals surface area contributed by atoms with Gasteiger partial charge in [-0.1, -0.05) is 0 Å². The minimum atomic E-state index is -0.921. The first kappa shape index (κ1) is 19.2. The first-order valence-corrected chi connectivity index (χ1v) is 11.8. The molecule has 0 bridgehead atoms. The van der Waals surface area contributed by atoms with Crippen LogP contribution in [0.25, 0.3) is 10.2 Å². The van der Waals surface area contributed by atoms with E-state index in [2.05, 4.69) is 14.9 Å². The summed E-state index contributed by atoms with van der Waals surface area (Å²) in [6.07, 6.45) is 10.6. The molecule has 2 unspecified atom stereocenters. The van der Waals surface area contributed by atoms with Crippen LogP contribution in [0.15, 0.2) is 6.33 Å². The third-order valence-electron chi connectivity index (χ3n) is 6.93. The predicted molar refractivity (Wildman–Crippen MR) is 112 cm³/mol. The van der Waals surface area contributed by atoms with E-state index in [0.717, 1.165) is 41.9 Å². The quantitative estimate of drug-likeness (QED) is 0.753. The second kappa shape index (κ2) is 8.17. The van der Waals surface area contributed by atoms with Crippen LogP contribution in [-0.4, -0.2) is 51.3 Å². The summed E-state index contributed by atoms with van der Waals surface area (Å²) in [5.41, 5.74) is 1.22. The largest absolute Gasteiger partial charge is 0.474 e. The summed E-state index contributed by atoms with van der Waals surface area (Å²) in [6, 6.07) is 2.69. The van der Waals surface area contributed by atoms with E-state index in [1.165, 1.54) is 49.2 Å². The minimum absolute atomic E-state index is 0.188. The molecule has 1 N–H and O–H groups in total. The van der Waals surface area contributed by atoms with Crippen LogP contribution in [0.2, 0.25) is 0 Å². The topological polar surface area (TPSA) is 82.3 Å². The smallest absolute Gasteiger partial charge is 0.225 e. The lowest BCUT2D eigenvalue weighted by Crippen LogP contribution is -2.38. The fourth-order valence-corrected chi connectivity index (χ4v) is 6.71. The molecule has 1 aliphatic heterocycles. The van der Waals surface area contributed by atoms with Gasteiger partial charge in [-0.15, -0.1) is 11.3 Å². The van der Waals surface area contributed by atoms with E-state index >= 15 is 0 Å². The summed E-state index contributed by atoms with van der Waals surface area (Å²) < 4.78 is 6.45. The molecule has 29 heavy (non-hydrogen) atoms. The lowest BCUT2D eigenvalue weighted by atomic mass is 9.92. The summed E-state index contributed by atoms with van der Waals surface area (Å²) >= 11 is 1.72. The van der Waals surface area contributed by atoms with Crippen molar-refractivity contribution in [3.8, 4) is 11.9 Å². The molecule has 0 radical (unpaired) electrons.